The molecular weight excluding hydrogens is 514 g/mol. The molecule has 0 aliphatic rings. The van der Waals surface area contributed by atoms with Gasteiger partial charge in [-0.15, -0.1) is 10.2 Å². The van der Waals surface area contributed by atoms with Crippen LogP contribution >= 0.6 is 11.8 Å². The van der Waals surface area contributed by atoms with Crippen LogP contribution in [0.3, 0.4) is 0 Å². The van der Waals surface area contributed by atoms with E-state index in [1.54, 1.807) is 12.4 Å². The number of aromatic amines is 1. The van der Waals surface area contributed by atoms with Crippen molar-refractivity contribution in [2.45, 2.75) is 24.3 Å². The number of aromatic nitrogens is 9. The molecule has 4 heterocycles. The van der Waals surface area contributed by atoms with Gasteiger partial charge in [0, 0.05) is 29.2 Å². The van der Waals surface area contributed by atoms with Gasteiger partial charge in [-0.1, -0.05) is 47.3 Å². The van der Waals surface area contributed by atoms with Crippen molar-refractivity contribution in [2.75, 3.05) is 6.61 Å². The summed E-state index contributed by atoms with van der Waals surface area (Å²) in [5, 5.41) is 21.0. The van der Waals surface area contributed by atoms with Crippen LogP contribution in [0.2, 0.25) is 0 Å². The fourth-order valence-electron chi connectivity index (χ4n) is 3.93. The van der Waals surface area contributed by atoms with Gasteiger partial charge in [-0.05, 0) is 43.3 Å². The Morgan fingerprint density at radius 3 is 2.54 bits per heavy atom. The molecule has 0 atom stereocenters. The molecule has 0 unspecified atom stereocenters. The van der Waals surface area contributed by atoms with E-state index in [2.05, 4.69) is 40.5 Å². The lowest BCUT2D eigenvalue weighted by Gasteiger charge is -2.11. The number of hydrogen-bond acceptors (Lipinski definition) is 10. The summed E-state index contributed by atoms with van der Waals surface area (Å²) < 4.78 is 13.1. The quantitative estimate of drug-likeness (QED) is 0.243. The van der Waals surface area contributed by atoms with Crippen LogP contribution in [0.25, 0.3) is 28.5 Å². The molecule has 6 aromatic rings. The monoisotopic (exact) mass is 537 g/mol. The molecule has 0 saturated carbocycles. The number of thioether (sulfide) groups is 1. The summed E-state index contributed by atoms with van der Waals surface area (Å²) in [6, 6.07) is 21.4. The van der Waals surface area contributed by atoms with Gasteiger partial charge in [-0.3, -0.25) is 14.6 Å². The maximum Gasteiger partial charge on any atom is 0.237 e. The molecule has 194 valence electrons. The van der Waals surface area contributed by atoms with E-state index >= 15 is 0 Å². The van der Waals surface area contributed by atoms with Crippen molar-refractivity contribution in [1.29, 1.82) is 0 Å². The van der Waals surface area contributed by atoms with Gasteiger partial charge >= 0.3 is 0 Å². The maximum absolute atomic E-state index is 5.61. The molecule has 4 aromatic heterocycles. The molecule has 1 N–H and O–H groups in total. The van der Waals surface area contributed by atoms with Gasteiger partial charge in [0.1, 0.15) is 11.6 Å². The number of ether oxygens (including phenoxy) is 1. The first kappa shape index (κ1) is 24.5. The van der Waals surface area contributed by atoms with Crippen molar-refractivity contribution in [3.05, 3.63) is 96.7 Å². The predicted molar refractivity (Wildman–Crippen MR) is 144 cm³/mol. The van der Waals surface area contributed by atoms with Crippen LogP contribution in [-0.2, 0) is 12.2 Å². The lowest BCUT2D eigenvalue weighted by Crippen LogP contribution is -2.00. The summed E-state index contributed by atoms with van der Waals surface area (Å²) >= 11 is 1.46. The second-order valence-corrected chi connectivity index (χ2v) is 9.29. The third-order valence-corrected chi connectivity index (χ3v) is 6.62. The number of nitrogens with one attached hydrogen (secondary N) is 1. The summed E-state index contributed by atoms with van der Waals surface area (Å²) in [5.41, 5.74) is 2.75. The summed E-state index contributed by atoms with van der Waals surface area (Å²) in [5.74, 6) is 4.21. The van der Waals surface area contributed by atoms with Gasteiger partial charge in [0.2, 0.25) is 5.89 Å². The molecule has 0 amide bonds. The molecule has 12 heteroatoms. The Kier molecular flexibility index (Phi) is 7.08. The highest BCUT2D eigenvalue weighted by atomic mass is 32.2. The number of rotatable bonds is 10. The van der Waals surface area contributed by atoms with E-state index in [0.29, 0.717) is 53.1 Å². The molecule has 6 rings (SSSR count). The van der Waals surface area contributed by atoms with Gasteiger partial charge in [0.15, 0.2) is 22.6 Å². The molecule has 0 aliphatic heterocycles. The molecule has 11 nitrogen and oxygen atoms in total. The van der Waals surface area contributed by atoms with Gasteiger partial charge in [0.05, 0.1) is 18.8 Å². The first-order valence-electron chi connectivity index (χ1n) is 12.3. The van der Waals surface area contributed by atoms with E-state index in [1.165, 1.54) is 11.8 Å². The van der Waals surface area contributed by atoms with Gasteiger partial charge in [-0.2, -0.15) is 10.1 Å². The fraction of sp³-hybridized carbons (Fsp3) is 0.148. The summed E-state index contributed by atoms with van der Waals surface area (Å²) in [7, 11) is 0. The number of pyridine rings is 1. The maximum atomic E-state index is 5.61. The molecule has 0 saturated heterocycles. The molecule has 2 aromatic carbocycles. The van der Waals surface area contributed by atoms with Crippen LogP contribution < -0.4 is 4.74 Å². The summed E-state index contributed by atoms with van der Waals surface area (Å²) in [6.45, 7) is 2.56. The Bertz CT molecular complexity index is 1650. The minimum atomic E-state index is 0.378. The topological polar surface area (TPSA) is 133 Å². The average molecular weight is 538 g/mol. The van der Waals surface area contributed by atoms with Crippen molar-refractivity contribution in [2.24, 2.45) is 0 Å². The number of benzene rings is 2. The largest absolute Gasteiger partial charge is 0.494 e. The first-order valence-corrected chi connectivity index (χ1v) is 13.3. The zero-order valence-electron chi connectivity index (χ0n) is 20.9. The molecular formula is C27H23N9O2S. The van der Waals surface area contributed by atoms with E-state index < -0.39 is 0 Å². The predicted octanol–water partition coefficient (Wildman–Crippen LogP) is 4.78. The lowest BCUT2D eigenvalue weighted by atomic mass is 10.2. The highest BCUT2D eigenvalue weighted by Crippen LogP contribution is 2.30. The van der Waals surface area contributed by atoms with E-state index in [-0.39, 0.29) is 0 Å². The zero-order valence-corrected chi connectivity index (χ0v) is 21.7. The van der Waals surface area contributed by atoms with Crippen molar-refractivity contribution in [3.8, 4) is 34.2 Å². The molecule has 0 spiro atoms. The van der Waals surface area contributed by atoms with Crippen LogP contribution in [0, 0.1) is 0 Å². The molecule has 0 fully saturated rings. The van der Waals surface area contributed by atoms with Crippen LogP contribution in [0.15, 0.2) is 88.8 Å². The Hall–Kier alpha value is -4.84. The second kappa shape index (κ2) is 11.3. The lowest BCUT2D eigenvalue weighted by molar-refractivity contribution is 0.340. The Balaban J connectivity index is 1.19. The van der Waals surface area contributed by atoms with E-state index in [4.69, 9.17) is 9.26 Å². The summed E-state index contributed by atoms with van der Waals surface area (Å²) in [4.78, 5) is 13.2. The van der Waals surface area contributed by atoms with Gasteiger partial charge in [-0.25, -0.2) is 4.98 Å². The standard InChI is InChI=1S/C27H23N9O2S/c1-2-37-21-10-8-20(9-11-21)36-26(19-12-14-28-15-13-19)33-34-27(36)39-17-24-29-23(35-38-24)16-22-30-25(32-31-22)18-6-4-3-5-7-18/h3-15H,2,16-17H2,1H3,(H,30,31,32). The van der Waals surface area contributed by atoms with Crippen LogP contribution in [0.5, 0.6) is 5.75 Å². The Morgan fingerprint density at radius 1 is 0.923 bits per heavy atom. The minimum Gasteiger partial charge on any atom is -0.494 e. The van der Waals surface area contributed by atoms with Crippen molar-refractivity contribution < 1.29 is 9.26 Å². The van der Waals surface area contributed by atoms with Crippen LogP contribution in [-0.4, -0.2) is 51.7 Å². The normalized spacial score (nSPS) is 11.1. The van der Waals surface area contributed by atoms with Crippen molar-refractivity contribution >= 4 is 11.8 Å². The molecule has 0 aliphatic carbocycles. The van der Waals surface area contributed by atoms with Gasteiger partial charge in [0.25, 0.3) is 0 Å². The summed E-state index contributed by atoms with van der Waals surface area (Å²) in [6.07, 6.45) is 3.84. The van der Waals surface area contributed by atoms with Crippen LogP contribution in [0.1, 0.15) is 24.5 Å². The average Bonchev–Trinajstić information content (AvgIpc) is 3.74. The minimum absolute atomic E-state index is 0.378. The SMILES string of the molecule is CCOc1ccc(-n2c(SCc3nc(Cc4nc(-c5ccccc5)n[nH]4)no3)nnc2-c2ccncc2)cc1. The van der Waals surface area contributed by atoms with E-state index in [9.17, 15) is 0 Å². The number of hydrogen-bond donors (Lipinski definition) is 1. The third-order valence-electron chi connectivity index (χ3n) is 5.70. The Labute approximate surface area is 227 Å². The second-order valence-electron chi connectivity index (χ2n) is 8.35. The molecule has 0 radical (unpaired) electrons. The fourth-order valence-corrected chi connectivity index (χ4v) is 4.72. The van der Waals surface area contributed by atoms with E-state index in [0.717, 1.165) is 22.6 Å². The van der Waals surface area contributed by atoms with E-state index in [1.807, 2.05) is 78.2 Å². The first-order chi connectivity index (χ1) is 19.3. The highest BCUT2D eigenvalue weighted by Gasteiger charge is 2.18. The van der Waals surface area contributed by atoms with Crippen LogP contribution in [0.4, 0.5) is 0 Å². The molecule has 0 bridgehead atoms. The van der Waals surface area contributed by atoms with Gasteiger partial charge < -0.3 is 9.26 Å². The smallest absolute Gasteiger partial charge is 0.237 e. The third kappa shape index (κ3) is 5.55. The molecule has 39 heavy (non-hydrogen) atoms. The van der Waals surface area contributed by atoms with Crippen molar-refractivity contribution in [3.63, 3.8) is 0 Å². The number of nitrogens with zero attached hydrogens (tertiary/aromatic N) is 8. The zero-order chi connectivity index (χ0) is 26.4. The Morgan fingerprint density at radius 2 is 1.74 bits per heavy atom. The number of H-pyrrole nitrogens is 1. The highest BCUT2D eigenvalue weighted by molar-refractivity contribution is 7.98. The van der Waals surface area contributed by atoms with Crippen molar-refractivity contribution in [1.82, 2.24) is 45.1 Å².